The molecule has 2 aromatic carbocycles. The van der Waals surface area contributed by atoms with Gasteiger partial charge in [-0.3, -0.25) is 14.2 Å². The van der Waals surface area contributed by atoms with Crippen molar-refractivity contribution in [1.82, 2.24) is 14.5 Å². The molecule has 0 fully saturated rings. The number of aryl methyl sites for hydroxylation is 1. The minimum Gasteiger partial charge on any atom is -0.350 e. The minimum absolute atomic E-state index is 0.178. The topological polar surface area (TPSA) is 73.1 Å². The first-order chi connectivity index (χ1) is 14.5. The van der Waals surface area contributed by atoms with Gasteiger partial charge in [0.2, 0.25) is 5.91 Å². The largest absolute Gasteiger partial charge is 0.350 e. The van der Waals surface area contributed by atoms with Crippen LogP contribution in [0.4, 0.5) is 0 Å². The predicted molar refractivity (Wildman–Crippen MR) is 122 cm³/mol. The highest BCUT2D eigenvalue weighted by Gasteiger charge is 2.17. The molecule has 1 N–H and O–H groups in total. The number of halogens is 1. The normalized spacial score (nSPS) is 11.0. The molecule has 0 aliphatic rings. The second-order valence-electron chi connectivity index (χ2n) is 6.85. The third kappa shape index (κ3) is 3.88. The summed E-state index contributed by atoms with van der Waals surface area (Å²) < 4.78 is 3.82. The number of rotatable bonds is 5. The molecule has 0 aliphatic carbocycles. The number of aromatic nitrogens is 2. The fourth-order valence-electron chi connectivity index (χ4n) is 3.27. The Morgan fingerprint density at radius 1 is 1.10 bits per heavy atom. The number of hydrogen-bond donors (Lipinski definition) is 1. The second-order valence-corrected chi connectivity index (χ2v) is 8.62. The molecule has 0 saturated heterocycles. The Labute approximate surface area is 184 Å². The summed E-state index contributed by atoms with van der Waals surface area (Å²) in [6, 6.07) is 16.5. The van der Waals surface area contributed by atoms with E-state index in [1.807, 2.05) is 37.3 Å². The van der Waals surface area contributed by atoms with E-state index in [4.69, 9.17) is 0 Å². The molecule has 6 nitrogen and oxygen atoms in total. The maximum Gasteiger partial charge on any atom is 0.336 e. The molecule has 0 bridgehead atoms. The van der Waals surface area contributed by atoms with Crippen LogP contribution in [0.2, 0.25) is 0 Å². The monoisotopic (exact) mass is 483 g/mol. The molecule has 1 amide bonds. The number of nitrogens with zero attached hydrogens (tertiary/aromatic N) is 2. The van der Waals surface area contributed by atoms with Crippen molar-refractivity contribution < 1.29 is 4.79 Å². The SMILES string of the molecule is Cc1cccc(-n2c(=O)c3sccc3n(CC(=O)NCc3ccccc3Br)c2=O)c1. The fourth-order valence-corrected chi connectivity index (χ4v) is 4.52. The van der Waals surface area contributed by atoms with Gasteiger partial charge in [-0.1, -0.05) is 46.3 Å². The number of carbonyl (C=O) groups excluding carboxylic acids is 1. The van der Waals surface area contributed by atoms with Crippen molar-refractivity contribution in [2.75, 3.05) is 0 Å². The van der Waals surface area contributed by atoms with Crippen LogP contribution in [0.5, 0.6) is 0 Å². The quantitative estimate of drug-likeness (QED) is 0.471. The smallest absolute Gasteiger partial charge is 0.336 e. The molecule has 0 spiro atoms. The Kier molecular flexibility index (Phi) is 5.69. The summed E-state index contributed by atoms with van der Waals surface area (Å²) in [7, 11) is 0. The summed E-state index contributed by atoms with van der Waals surface area (Å²) in [6.07, 6.45) is 0. The highest BCUT2D eigenvalue weighted by Crippen LogP contribution is 2.17. The van der Waals surface area contributed by atoms with Crippen molar-refractivity contribution in [1.29, 1.82) is 0 Å². The zero-order valence-electron chi connectivity index (χ0n) is 16.1. The van der Waals surface area contributed by atoms with Gasteiger partial charge in [-0.25, -0.2) is 9.36 Å². The highest BCUT2D eigenvalue weighted by atomic mass is 79.9. The second kappa shape index (κ2) is 8.41. The van der Waals surface area contributed by atoms with Crippen molar-refractivity contribution in [2.45, 2.75) is 20.0 Å². The van der Waals surface area contributed by atoms with Gasteiger partial charge in [-0.15, -0.1) is 11.3 Å². The Morgan fingerprint density at radius 3 is 2.67 bits per heavy atom. The van der Waals surface area contributed by atoms with Gasteiger partial charge < -0.3 is 5.32 Å². The van der Waals surface area contributed by atoms with Crippen molar-refractivity contribution >= 4 is 43.4 Å². The zero-order chi connectivity index (χ0) is 21.3. The lowest BCUT2D eigenvalue weighted by Crippen LogP contribution is -2.41. The van der Waals surface area contributed by atoms with Crippen LogP contribution in [0.15, 0.2) is 74.0 Å². The molecule has 152 valence electrons. The lowest BCUT2D eigenvalue weighted by Gasteiger charge is -2.13. The number of hydrogen-bond acceptors (Lipinski definition) is 4. The minimum atomic E-state index is -0.535. The van der Waals surface area contributed by atoms with E-state index in [2.05, 4.69) is 21.2 Å². The summed E-state index contributed by atoms with van der Waals surface area (Å²) in [5.41, 5.74) is 1.91. The third-order valence-corrected chi connectivity index (χ3v) is 6.42. The lowest BCUT2D eigenvalue weighted by atomic mass is 10.2. The summed E-state index contributed by atoms with van der Waals surface area (Å²) in [5, 5.41) is 4.59. The van der Waals surface area contributed by atoms with Gasteiger partial charge >= 0.3 is 5.69 Å². The van der Waals surface area contributed by atoms with Crippen molar-refractivity contribution in [2.24, 2.45) is 0 Å². The summed E-state index contributed by atoms with van der Waals surface area (Å²) in [6.45, 7) is 2.05. The van der Waals surface area contributed by atoms with Crippen LogP contribution in [0.3, 0.4) is 0 Å². The van der Waals surface area contributed by atoms with Gasteiger partial charge in [-0.05, 0) is 47.7 Å². The zero-order valence-corrected chi connectivity index (χ0v) is 18.5. The molecule has 0 unspecified atom stereocenters. The van der Waals surface area contributed by atoms with E-state index in [1.165, 1.54) is 15.9 Å². The summed E-state index contributed by atoms with van der Waals surface area (Å²) in [4.78, 5) is 38.8. The number of fused-ring (bicyclic) bond motifs is 1. The van der Waals surface area contributed by atoms with Gasteiger partial charge in [-0.2, -0.15) is 0 Å². The molecule has 4 aromatic rings. The van der Waals surface area contributed by atoms with Crippen LogP contribution >= 0.6 is 27.3 Å². The number of benzene rings is 2. The van der Waals surface area contributed by atoms with Gasteiger partial charge in [0.05, 0.1) is 11.2 Å². The predicted octanol–water partition coefficient (Wildman–Crippen LogP) is 3.60. The molecule has 0 radical (unpaired) electrons. The molecule has 30 heavy (non-hydrogen) atoms. The Balaban J connectivity index is 1.71. The first-order valence-electron chi connectivity index (χ1n) is 9.26. The average Bonchev–Trinajstić information content (AvgIpc) is 3.21. The van der Waals surface area contributed by atoms with Crippen LogP contribution in [0.25, 0.3) is 15.9 Å². The van der Waals surface area contributed by atoms with E-state index < -0.39 is 5.69 Å². The highest BCUT2D eigenvalue weighted by molar-refractivity contribution is 9.10. The molecule has 0 saturated carbocycles. The summed E-state index contributed by atoms with van der Waals surface area (Å²) in [5.74, 6) is -0.310. The van der Waals surface area contributed by atoms with Crippen LogP contribution in [0, 0.1) is 6.92 Å². The van der Waals surface area contributed by atoms with Crippen LogP contribution in [-0.2, 0) is 17.9 Å². The molecule has 4 rings (SSSR count). The van der Waals surface area contributed by atoms with Gasteiger partial charge in [0.25, 0.3) is 5.56 Å². The molecule has 0 atom stereocenters. The van der Waals surface area contributed by atoms with Crippen molar-refractivity contribution in [3.63, 3.8) is 0 Å². The first-order valence-corrected chi connectivity index (χ1v) is 10.9. The average molecular weight is 484 g/mol. The number of thiophene rings is 1. The summed E-state index contributed by atoms with van der Waals surface area (Å²) >= 11 is 4.72. The maximum absolute atomic E-state index is 13.2. The fraction of sp³-hybridized carbons (Fsp3) is 0.136. The van der Waals surface area contributed by atoms with Crippen molar-refractivity contribution in [3.8, 4) is 5.69 Å². The first kappa shape index (κ1) is 20.3. The van der Waals surface area contributed by atoms with E-state index in [0.29, 0.717) is 22.4 Å². The van der Waals surface area contributed by atoms with E-state index in [9.17, 15) is 14.4 Å². The molecule has 0 aliphatic heterocycles. The van der Waals surface area contributed by atoms with Gasteiger partial charge in [0, 0.05) is 11.0 Å². The van der Waals surface area contributed by atoms with E-state index in [-0.39, 0.29) is 18.0 Å². The maximum atomic E-state index is 13.2. The molecular weight excluding hydrogens is 466 g/mol. The lowest BCUT2D eigenvalue weighted by molar-refractivity contribution is -0.121. The van der Waals surface area contributed by atoms with Crippen LogP contribution in [-0.4, -0.2) is 15.0 Å². The number of carbonyl (C=O) groups is 1. The number of amides is 1. The van der Waals surface area contributed by atoms with E-state index >= 15 is 0 Å². The Hall–Kier alpha value is -2.97. The molecular formula is C22H18BrN3O3S. The van der Waals surface area contributed by atoms with E-state index in [1.54, 1.807) is 29.6 Å². The molecule has 2 heterocycles. The molecule has 8 heteroatoms. The molecule has 2 aromatic heterocycles. The number of nitrogens with one attached hydrogen (secondary N) is 1. The van der Waals surface area contributed by atoms with Crippen molar-refractivity contribution in [3.05, 3.63) is 96.4 Å². The van der Waals surface area contributed by atoms with Gasteiger partial charge in [0.1, 0.15) is 11.2 Å². The standard InChI is InChI=1S/C22H18BrN3O3S/c1-14-5-4-7-16(11-14)26-21(28)20-18(9-10-30-20)25(22(26)29)13-19(27)24-12-15-6-2-3-8-17(15)23/h2-11H,12-13H2,1H3,(H,24,27). The third-order valence-electron chi connectivity index (χ3n) is 4.75. The van der Waals surface area contributed by atoms with Crippen LogP contribution in [0.1, 0.15) is 11.1 Å². The van der Waals surface area contributed by atoms with Crippen LogP contribution < -0.4 is 16.6 Å². The Morgan fingerprint density at radius 2 is 1.90 bits per heavy atom. The van der Waals surface area contributed by atoms with E-state index in [0.717, 1.165) is 20.2 Å². The Bertz CT molecular complexity index is 1370. The van der Waals surface area contributed by atoms with Gasteiger partial charge in [0.15, 0.2) is 0 Å².